The number of nitrogens with zero attached hydrogens (tertiary/aromatic N) is 5. The van der Waals surface area contributed by atoms with Gasteiger partial charge in [-0.1, -0.05) is 11.6 Å². The second kappa shape index (κ2) is 9.37. The van der Waals surface area contributed by atoms with Gasteiger partial charge in [-0.05, 0) is 63.3 Å². The largest absolute Gasteiger partial charge is 0.493 e. The molecular weight excluding hydrogens is 488 g/mol. The van der Waals surface area contributed by atoms with Crippen molar-refractivity contribution in [1.29, 1.82) is 0 Å². The van der Waals surface area contributed by atoms with E-state index >= 15 is 0 Å². The minimum Gasteiger partial charge on any atom is -0.493 e. The number of amides is 1. The highest BCUT2D eigenvalue weighted by Crippen LogP contribution is 2.33. The first kappa shape index (κ1) is 23.4. The van der Waals surface area contributed by atoms with Crippen LogP contribution in [0, 0.1) is 0 Å². The highest BCUT2D eigenvalue weighted by Gasteiger charge is 2.31. The van der Waals surface area contributed by atoms with Crippen molar-refractivity contribution in [2.45, 2.75) is 32.0 Å². The van der Waals surface area contributed by atoms with Crippen LogP contribution in [0.25, 0.3) is 11.4 Å². The van der Waals surface area contributed by atoms with E-state index in [1.807, 2.05) is 41.9 Å². The summed E-state index contributed by atoms with van der Waals surface area (Å²) >= 11 is 7.15. The Morgan fingerprint density at radius 3 is 2.66 bits per heavy atom. The van der Waals surface area contributed by atoms with Crippen LogP contribution in [0.1, 0.15) is 40.1 Å². The maximum Gasteiger partial charge on any atom is 0.335 e. The van der Waals surface area contributed by atoms with E-state index in [-0.39, 0.29) is 17.5 Å². The Kier molecular flexibility index (Phi) is 6.26. The number of aromatic hydroxyl groups is 1. The fourth-order valence-electron chi connectivity index (χ4n) is 4.47. The fourth-order valence-corrected chi connectivity index (χ4v) is 5.42. The molecule has 182 valence electrons. The van der Waals surface area contributed by atoms with Gasteiger partial charge in [0, 0.05) is 24.6 Å². The molecule has 1 atom stereocenters. The van der Waals surface area contributed by atoms with E-state index in [4.69, 9.17) is 11.6 Å². The van der Waals surface area contributed by atoms with Crippen molar-refractivity contribution in [1.82, 2.24) is 28.9 Å². The number of halogens is 1. The number of thiophene rings is 1. The number of fused-ring (bicyclic) bond motifs is 1. The molecule has 9 nitrogen and oxygen atoms in total. The van der Waals surface area contributed by atoms with Gasteiger partial charge in [-0.15, -0.1) is 11.3 Å². The van der Waals surface area contributed by atoms with Crippen LogP contribution in [0.4, 0.5) is 0 Å². The van der Waals surface area contributed by atoms with Gasteiger partial charge < -0.3 is 19.9 Å². The highest BCUT2D eigenvalue weighted by atomic mass is 35.5. The Labute approximate surface area is 210 Å². The number of carbonyl (C=O) groups excluding carboxylic acids is 1. The molecule has 3 aromatic heterocycles. The van der Waals surface area contributed by atoms with Gasteiger partial charge in [0.2, 0.25) is 5.88 Å². The lowest BCUT2D eigenvalue weighted by atomic mass is 10.0. The molecule has 2 N–H and O–H groups in total. The minimum absolute atomic E-state index is 0.159. The third-order valence-electron chi connectivity index (χ3n) is 6.02. The molecule has 0 saturated carbocycles. The molecule has 1 aliphatic rings. The van der Waals surface area contributed by atoms with Crippen LogP contribution in [0.3, 0.4) is 0 Å². The lowest BCUT2D eigenvalue weighted by Crippen LogP contribution is -2.34. The summed E-state index contributed by atoms with van der Waals surface area (Å²) in [5.41, 5.74) is 1.53. The van der Waals surface area contributed by atoms with Crippen molar-refractivity contribution in [3.8, 4) is 17.3 Å². The fraction of sp³-hybridized carbons (Fsp3) is 0.292. The zero-order valence-electron chi connectivity index (χ0n) is 19.3. The third-order valence-corrected chi connectivity index (χ3v) is 7.25. The summed E-state index contributed by atoms with van der Waals surface area (Å²) in [5, 5.41) is 14.1. The zero-order valence-corrected chi connectivity index (χ0v) is 20.9. The Hall–Kier alpha value is -3.34. The Balaban J connectivity index is 1.46. The molecule has 1 aliphatic heterocycles. The predicted octanol–water partition coefficient (Wildman–Crippen LogP) is 3.57. The molecule has 5 rings (SSSR count). The molecule has 0 spiro atoms. The average molecular weight is 513 g/mol. The number of hydrogen-bond donors (Lipinski definition) is 2. The monoisotopic (exact) mass is 512 g/mol. The molecule has 11 heteroatoms. The van der Waals surface area contributed by atoms with Crippen molar-refractivity contribution in [3.63, 3.8) is 0 Å². The summed E-state index contributed by atoms with van der Waals surface area (Å²) in [4.78, 5) is 32.9. The van der Waals surface area contributed by atoms with E-state index in [0.29, 0.717) is 46.5 Å². The molecule has 0 radical (unpaired) electrons. The first-order valence-electron chi connectivity index (χ1n) is 11.2. The quantitative estimate of drug-likeness (QED) is 0.411. The van der Waals surface area contributed by atoms with Crippen LogP contribution in [0.2, 0.25) is 4.34 Å². The summed E-state index contributed by atoms with van der Waals surface area (Å²) < 4.78 is 5.35. The Bertz CT molecular complexity index is 1430. The Morgan fingerprint density at radius 2 is 1.97 bits per heavy atom. The van der Waals surface area contributed by atoms with Crippen molar-refractivity contribution in [2.24, 2.45) is 0 Å². The van der Waals surface area contributed by atoms with E-state index in [1.54, 1.807) is 35.0 Å². The lowest BCUT2D eigenvalue weighted by molar-refractivity contribution is 0.0932. The zero-order chi connectivity index (χ0) is 24.7. The third kappa shape index (κ3) is 4.40. The number of imidazole rings is 2. The number of carbonyl (C=O) groups is 1. The van der Waals surface area contributed by atoms with Crippen LogP contribution in [0.5, 0.6) is 5.88 Å². The van der Waals surface area contributed by atoms with Crippen LogP contribution in [-0.2, 0) is 13.1 Å². The van der Waals surface area contributed by atoms with Gasteiger partial charge in [-0.3, -0.25) is 9.36 Å². The lowest BCUT2D eigenvalue weighted by Gasteiger charge is -2.24. The van der Waals surface area contributed by atoms with E-state index in [0.717, 1.165) is 11.5 Å². The summed E-state index contributed by atoms with van der Waals surface area (Å²) in [6.45, 7) is 1.17. The normalized spacial score (nSPS) is 15.4. The second-order valence-corrected chi connectivity index (χ2v) is 10.4. The van der Waals surface area contributed by atoms with Gasteiger partial charge in [0.1, 0.15) is 11.5 Å². The van der Waals surface area contributed by atoms with E-state index < -0.39 is 6.04 Å². The van der Waals surface area contributed by atoms with Crippen molar-refractivity contribution in [2.75, 3.05) is 14.1 Å². The summed E-state index contributed by atoms with van der Waals surface area (Å²) in [6.07, 6.45) is 4.98. The molecule has 4 heterocycles. The standard InChI is InChI=1S/C24H25ClN6O3S/c1-28(2)14-20-26-11-13-29(20)15-5-7-16(8-6-15)31-23(33)21-17(4-3-12-30(21)24(31)34)27-22(32)18-9-10-19(25)35-18/h5-11,13,17,33H,3-4,12,14H2,1-2H3,(H,27,32)/t17-/m1/s1. The maximum absolute atomic E-state index is 13.2. The molecule has 1 amide bonds. The molecule has 0 aliphatic carbocycles. The van der Waals surface area contributed by atoms with E-state index in [2.05, 4.69) is 10.3 Å². The van der Waals surface area contributed by atoms with Crippen molar-refractivity contribution in [3.05, 3.63) is 80.0 Å². The molecule has 0 saturated heterocycles. The maximum atomic E-state index is 13.2. The first-order chi connectivity index (χ1) is 16.8. The van der Waals surface area contributed by atoms with Gasteiger partial charge in [0.15, 0.2) is 0 Å². The first-order valence-corrected chi connectivity index (χ1v) is 12.4. The number of aromatic nitrogens is 4. The van der Waals surface area contributed by atoms with E-state index in [9.17, 15) is 14.7 Å². The second-order valence-electron chi connectivity index (χ2n) is 8.72. The predicted molar refractivity (Wildman–Crippen MR) is 135 cm³/mol. The van der Waals surface area contributed by atoms with Crippen LogP contribution in [-0.4, -0.2) is 48.7 Å². The number of benzene rings is 1. The smallest absolute Gasteiger partial charge is 0.335 e. The summed E-state index contributed by atoms with van der Waals surface area (Å²) in [7, 11) is 3.97. The average Bonchev–Trinajstić information content (AvgIpc) is 3.53. The summed E-state index contributed by atoms with van der Waals surface area (Å²) in [5.74, 6) is 0.457. The summed E-state index contributed by atoms with van der Waals surface area (Å²) in [6, 6.07) is 10.2. The van der Waals surface area contributed by atoms with Gasteiger partial charge in [0.25, 0.3) is 5.91 Å². The van der Waals surface area contributed by atoms with Gasteiger partial charge >= 0.3 is 5.69 Å². The number of hydrogen-bond acceptors (Lipinski definition) is 6. The number of rotatable bonds is 6. The van der Waals surface area contributed by atoms with Gasteiger partial charge in [-0.2, -0.15) is 0 Å². The molecule has 0 unspecified atom stereocenters. The molecule has 4 aromatic rings. The van der Waals surface area contributed by atoms with E-state index in [1.165, 1.54) is 15.9 Å². The van der Waals surface area contributed by atoms with Crippen molar-refractivity contribution < 1.29 is 9.90 Å². The van der Waals surface area contributed by atoms with Crippen LogP contribution < -0.4 is 11.0 Å². The molecule has 35 heavy (non-hydrogen) atoms. The van der Waals surface area contributed by atoms with Crippen molar-refractivity contribution >= 4 is 28.8 Å². The highest BCUT2D eigenvalue weighted by molar-refractivity contribution is 7.18. The number of nitrogens with one attached hydrogen (secondary N) is 1. The SMILES string of the molecule is CN(C)Cc1nccn1-c1ccc(-n2c(O)c3n(c2=O)CCC[C@H]3NC(=O)c2ccc(Cl)s2)cc1. The topological polar surface area (TPSA) is 97.3 Å². The minimum atomic E-state index is -0.482. The molecular formula is C24H25ClN6O3S. The van der Waals surface area contributed by atoms with Gasteiger partial charge in [-0.25, -0.2) is 14.3 Å². The molecule has 1 aromatic carbocycles. The van der Waals surface area contributed by atoms with Crippen LogP contribution >= 0.6 is 22.9 Å². The van der Waals surface area contributed by atoms with Crippen LogP contribution in [0.15, 0.2) is 53.6 Å². The molecule has 0 fully saturated rings. The van der Waals surface area contributed by atoms with Gasteiger partial charge in [0.05, 0.1) is 27.5 Å². The molecule has 0 bridgehead atoms. The Morgan fingerprint density at radius 1 is 1.23 bits per heavy atom.